The molecule has 1 saturated heterocycles. The van der Waals surface area contributed by atoms with Gasteiger partial charge in [0.05, 0.1) is 6.07 Å². The number of likely N-dealkylation sites (tertiary alicyclic amines) is 1. The SMILES string of the molecule is N#CC(C1CC1)N1C(=O)CC2(CCCC2)CC1=O. The van der Waals surface area contributed by atoms with Gasteiger partial charge in [-0.15, -0.1) is 0 Å². The largest absolute Gasteiger partial charge is 0.274 e. The molecule has 3 rings (SSSR count). The summed E-state index contributed by atoms with van der Waals surface area (Å²) in [6.45, 7) is 0. The highest BCUT2D eigenvalue weighted by Gasteiger charge is 2.49. The minimum Gasteiger partial charge on any atom is -0.274 e. The monoisotopic (exact) mass is 246 g/mol. The Morgan fingerprint density at radius 2 is 1.72 bits per heavy atom. The van der Waals surface area contributed by atoms with Crippen molar-refractivity contribution in [3.63, 3.8) is 0 Å². The molecule has 3 aliphatic rings. The summed E-state index contributed by atoms with van der Waals surface area (Å²) in [6.07, 6.45) is 7.15. The summed E-state index contributed by atoms with van der Waals surface area (Å²) in [5, 5.41) is 9.18. The lowest BCUT2D eigenvalue weighted by Gasteiger charge is -2.39. The highest BCUT2D eigenvalue weighted by molar-refractivity contribution is 5.99. The van der Waals surface area contributed by atoms with E-state index >= 15 is 0 Å². The van der Waals surface area contributed by atoms with E-state index in [0.717, 1.165) is 38.5 Å². The minimum absolute atomic E-state index is 0.0613. The first-order valence-electron chi connectivity index (χ1n) is 6.90. The van der Waals surface area contributed by atoms with Crippen LogP contribution in [0, 0.1) is 22.7 Å². The van der Waals surface area contributed by atoms with Gasteiger partial charge in [0.15, 0.2) is 0 Å². The van der Waals surface area contributed by atoms with Crippen LogP contribution in [0.3, 0.4) is 0 Å². The van der Waals surface area contributed by atoms with Gasteiger partial charge in [-0.1, -0.05) is 12.8 Å². The van der Waals surface area contributed by atoms with Crippen LogP contribution in [0.4, 0.5) is 0 Å². The average Bonchev–Trinajstić information content (AvgIpc) is 3.07. The number of rotatable bonds is 2. The third-order valence-corrected chi connectivity index (χ3v) is 4.73. The highest BCUT2D eigenvalue weighted by atomic mass is 16.2. The normalized spacial score (nSPS) is 28.5. The number of amides is 2. The molecule has 4 heteroatoms. The summed E-state index contributed by atoms with van der Waals surface area (Å²) in [4.78, 5) is 25.8. The quantitative estimate of drug-likeness (QED) is 0.700. The average molecular weight is 246 g/mol. The standard InChI is InChI=1S/C14H18N2O2/c15-9-11(10-3-4-10)16-12(17)7-14(8-13(16)18)5-1-2-6-14/h10-11H,1-8H2. The molecule has 96 valence electrons. The van der Waals surface area contributed by atoms with E-state index in [4.69, 9.17) is 0 Å². The predicted molar refractivity (Wildman–Crippen MR) is 64.1 cm³/mol. The Bertz CT molecular complexity index is 408. The third kappa shape index (κ3) is 1.82. The Morgan fingerprint density at radius 3 is 2.17 bits per heavy atom. The van der Waals surface area contributed by atoms with Crippen LogP contribution in [-0.4, -0.2) is 22.8 Å². The van der Waals surface area contributed by atoms with Crippen molar-refractivity contribution in [2.45, 2.75) is 57.4 Å². The topological polar surface area (TPSA) is 61.2 Å². The van der Waals surface area contributed by atoms with Gasteiger partial charge >= 0.3 is 0 Å². The molecule has 2 aliphatic carbocycles. The van der Waals surface area contributed by atoms with E-state index < -0.39 is 6.04 Å². The van der Waals surface area contributed by atoms with Gasteiger partial charge in [-0.2, -0.15) is 5.26 Å². The first-order chi connectivity index (χ1) is 8.65. The molecule has 2 saturated carbocycles. The second-order valence-corrected chi connectivity index (χ2v) is 6.13. The van der Waals surface area contributed by atoms with Crippen molar-refractivity contribution in [2.24, 2.45) is 11.3 Å². The lowest BCUT2D eigenvalue weighted by molar-refractivity contribution is -0.155. The maximum atomic E-state index is 12.3. The van der Waals surface area contributed by atoms with Crippen molar-refractivity contribution >= 4 is 11.8 Å². The van der Waals surface area contributed by atoms with Crippen LogP contribution in [0.1, 0.15) is 51.4 Å². The fourth-order valence-corrected chi connectivity index (χ4v) is 3.59. The van der Waals surface area contributed by atoms with Gasteiger partial charge in [0.2, 0.25) is 11.8 Å². The number of imide groups is 1. The summed E-state index contributed by atoms with van der Waals surface area (Å²) in [6, 6.07) is 1.66. The van der Waals surface area contributed by atoms with Gasteiger partial charge in [-0.05, 0) is 37.0 Å². The molecule has 4 nitrogen and oxygen atoms in total. The zero-order valence-corrected chi connectivity index (χ0v) is 10.5. The number of nitriles is 1. The van der Waals surface area contributed by atoms with E-state index in [0.29, 0.717) is 12.8 Å². The van der Waals surface area contributed by atoms with Gasteiger partial charge in [-0.3, -0.25) is 14.5 Å². The molecule has 0 aromatic heterocycles. The molecule has 2 amide bonds. The smallest absolute Gasteiger partial charge is 0.230 e. The number of hydrogen-bond donors (Lipinski definition) is 0. The molecule has 0 aromatic carbocycles. The van der Waals surface area contributed by atoms with Crippen LogP contribution in [0.25, 0.3) is 0 Å². The maximum absolute atomic E-state index is 12.3. The van der Waals surface area contributed by atoms with Crippen LogP contribution in [-0.2, 0) is 9.59 Å². The van der Waals surface area contributed by atoms with Gasteiger partial charge in [0, 0.05) is 12.8 Å². The fourth-order valence-electron chi connectivity index (χ4n) is 3.59. The molecule has 3 fully saturated rings. The Morgan fingerprint density at radius 1 is 1.17 bits per heavy atom. The summed E-state index contributed by atoms with van der Waals surface area (Å²) in [5.74, 6) is 0.0266. The Kier molecular flexibility index (Phi) is 2.65. The van der Waals surface area contributed by atoms with Crippen LogP contribution < -0.4 is 0 Å². The Labute approximate surface area is 107 Å². The van der Waals surface area contributed by atoms with Crippen molar-refractivity contribution < 1.29 is 9.59 Å². The second kappa shape index (κ2) is 4.08. The third-order valence-electron chi connectivity index (χ3n) is 4.73. The van der Waals surface area contributed by atoms with Crippen LogP contribution in [0.2, 0.25) is 0 Å². The van der Waals surface area contributed by atoms with Gasteiger partial charge in [0.1, 0.15) is 6.04 Å². The van der Waals surface area contributed by atoms with E-state index in [-0.39, 0.29) is 23.1 Å². The molecule has 0 aromatic rings. The summed E-state index contributed by atoms with van der Waals surface area (Å²) in [7, 11) is 0. The van der Waals surface area contributed by atoms with Gasteiger partial charge in [0.25, 0.3) is 0 Å². The first kappa shape index (κ1) is 11.7. The predicted octanol–water partition coefficient (Wildman–Crippen LogP) is 2.00. The molecule has 18 heavy (non-hydrogen) atoms. The summed E-state index contributed by atoms with van der Waals surface area (Å²) in [5.41, 5.74) is -0.0613. The van der Waals surface area contributed by atoms with Crippen LogP contribution in [0.15, 0.2) is 0 Å². The zero-order chi connectivity index (χ0) is 12.8. The molecule has 0 radical (unpaired) electrons. The van der Waals surface area contributed by atoms with E-state index in [1.165, 1.54) is 4.90 Å². The molecular formula is C14H18N2O2. The number of nitrogens with zero attached hydrogens (tertiary/aromatic N) is 2. The lowest BCUT2D eigenvalue weighted by Crippen LogP contribution is -2.52. The van der Waals surface area contributed by atoms with Crippen molar-refractivity contribution in [3.8, 4) is 6.07 Å². The van der Waals surface area contributed by atoms with E-state index in [9.17, 15) is 14.9 Å². The molecule has 1 heterocycles. The van der Waals surface area contributed by atoms with Crippen molar-refractivity contribution in [3.05, 3.63) is 0 Å². The number of carbonyl (C=O) groups is 2. The van der Waals surface area contributed by atoms with Crippen LogP contribution >= 0.6 is 0 Å². The summed E-state index contributed by atoms with van der Waals surface area (Å²) >= 11 is 0. The van der Waals surface area contributed by atoms with Crippen molar-refractivity contribution in [1.82, 2.24) is 4.90 Å². The Hall–Kier alpha value is -1.37. The number of hydrogen-bond acceptors (Lipinski definition) is 3. The van der Waals surface area contributed by atoms with E-state index in [1.807, 2.05) is 0 Å². The zero-order valence-electron chi connectivity index (χ0n) is 10.5. The van der Waals surface area contributed by atoms with Gasteiger partial charge in [-0.25, -0.2) is 0 Å². The van der Waals surface area contributed by atoms with E-state index in [1.54, 1.807) is 0 Å². The number of carbonyl (C=O) groups excluding carboxylic acids is 2. The molecule has 1 unspecified atom stereocenters. The first-order valence-corrected chi connectivity index (χ1v) is 6.90. The molecule has 1 aliphatic heterocycles. The summed E-state index contributed by atoms with van der Waals surface area (Å²) < 4.78 is 0. The molecular weight excluding hydrogens is 228 g/mol. The van der Waals surface area contributed by atoms with Gasteiger partial charge < -0.3 is 0 Å². The molecule has 1 spiro atoms. The number of piperidine rings is 1. The highest BCUT2D eigenvalue weighted by Crippen LogP contribution is 2.48. The second-order valence-electron chi connectivity index (χ2n) is 6.13. The van der Waals surface area contributed by atoms with E-state index in [2.05, 4.69) is 6.07 Å². The maximum Gasteiger partial charge on any atom is 0.230 e. The molecule has 1 atom stereocenters. The molecule has 0 bridgehead atoms. The lowest BCUT2D eigenvalue weighted by atomic mass is 9.76. The van der Waals surface area contributed by atoms with Crippen molar-refractivity contribution in [2.75, 3.05) is 0 Å². The Balaban J connectivity index is 1.80. The van der Waals surface area contributed by atoms with Crippen LogP contribution in [0.5, 0.6) is 0 Å². The fraction of sp³-hybridized carbons (Fsp3) is 0.786. The van der Waals surface area contributed by atoms with Crippen molar-refractivity contribution in [1.29, 1.82) is 5.26 Å². The molecule has 0 N–H and O–H groups in total. The minimum atomic E-state index is -0.497.